The van der Waals surface area contributed by atoms with Gasteiger partial charge in [0.25, 0.3) is 0 Å². The lowest BCUT2D eigenvalue weighted by molar-refractivity contribution is 0.0981. The van der Waals surface area contributed by atoms with Gasteiger partial charge in [0.2, 0.25) is 0 Å². The van der Waals surface area contributed by atoms with Crippen molar-refractivity contribution in [1.29, 1.82) is 0 Å². The van der Waals surface area contributed by atoms with Crippen LogP contribution in [0.2, 0.25) is 0 Å². The summed E-state index contributed by atoms with van der Waals surface area (Å²) in [7, 11) is 0. The van der Waals surface area contributed by atoms with E-state index in [-0.39, 0.29) is 5.78 Å². The molecule has 0 N–H and O–H groups in total. The Labute approximate surface area is 114 Å². The summed E-state index contributed by atoms with van der Waals surface area (Å²) in [6.45, 7) is 2.01. The molecule has 2 rings (SSSR count). The first kappa shape index (κ1) is 13.1. The number of benzene rings is 2. The summed E-state index contributed by atoms with van der Waals surface area (Å²) in [5.41, 5.74) is 2.50. The smallest absolute Gasteiger partial charge is 0.164 e. The molecule has 0 amide bonds. The first-order valence-corrected chi connectivity index (χ1v) is 6.50. The number of carbonyl (C=O) groups excluding carboxylic acids is 1. The summed E-state index contributed by atoms with van der Waals surface area (Å²) >= 11 is 0. The first-order valence-electron chi connectivity index (χ1n) is 6.50. The van der Waals surface area contributed by atoms with Crippen molar-refractivity contribution in [2.45, 2.75) is 19.8 Å². The summed E-state index contributed by atoms with van der Waals surface area (Å²) in [5.74, 6) is 6.36. The molecular formula is C18H16O. The molecule has 0 saturated carbocycles. The Morgan fingerprint density at radius 1 is 0.947 bits per heavy atom. The maximum atomic E-state index is 12.0. The predicted molar refractivity (Wildman–Crippen MR) is 78.1 cm³/mol. The van der Waals surface area contributed by atoms with Crippen molar-refractivity contribution < 1.29 is 4.79 Å². The second-order valence-electron chi connectivity index (χ2n) is 4.33. The zero-order valence-corrected chi connectivity index (χ0v) is 11.0. The van der Waals surface area contributed by atoms with Gasteiger partial charge in [-0.1, -0.05) is 55.2 Å². The monoisotopic (exact) mass is 248 g/mol. The Balaban J connectivity index is 2.31. The van der Waals surface area contributed by atoms with Gasteiger partial charge in [-0.2, -0.15) is 0 Å². The molecule has 0 heterocycles. The van der Waals surface area contributed by atoms with Crippen LogP contribution in [0.5, 0.6) is 0 Å². The highest BCUT2D eigenvalue weighted by molar-refractivity contribution is 5.98. The van der Waals surface area contributed by atoms with Crippen LogP contribution in [0.4, 0.5) is 0 Å². The number of Topliss-reactive ketones (excluding diaryl/α,β-unsaturated/α-hetero) is 1. The van der Waals surface area contributed by atoms with Gasteiger partial charge in [-0.05, 0) is 24.6 Å². The van der Waals surface area contributed by atoms with Crippen LogP contribution in [0.1, 0.15) is 41.3 Å². The molecule has 0 atom stereocenters. The number of carbonyl (C=O) groups is 1. The number of ketones is 1. The minimum atomic E-state index is 0.167. The topological polar surface area (TPSA) is 17.1 Å². The fourth-order valence-electron chi connectivity index (χ4n) is 1.86. The molecule has 1 nitrogen and oxygen atoms in total. The zero-order chi connectivity index (χ0) is 13.5. The number of hydrogen-bond acceptors (Lipinski definition) is 1. The Kier molecular flexibility index (Phi) is 4.53. The quantitative estimate of drug-likeness (QED) is 0.591. The summed E-state index contributed by atoms with van der Waals surface area (Å²) in [6, 6.07) is 17.4. The average Bonchev–Trinajstić information content (AvgIpc) is 2.47. The molecule has 2 aromatic carbocycles. The van der Waals surface area contributed by atoms with E-state index in [0.717, 1.165) is 23.1 Å². The predicted octanol–water partition coefficient (Wildman–Crippen LogP) is 4.07. The van der Waals surface area contributed by atoms with E-state index in [1.54, 1.807) is 0 Å². The zero-order valence-electron chi connectivity index (χ0n) is 11.0. The van der Waals surface area contributed by atoms with Crippen LogP contribution in [0.25, 0.3) is 0 Å². The average molecular weight is 248 g/mol. The van der Waals surface area contributed by atoms with Gasteiger partial charge >= 0.3 is 0 Å². The third-order valence-electron chi connectivity index (χ3n) is 2.82. The van der Waals surface area contributed by atoms with Crippen LogP contribution in [-0.2, 0) is 0 Å². The van der Waals surface area contributed by atoms with Crippen molar-refractivity contribution >= 4 is 5.78 Å². The van der Waals surface area contributed by atoms with Gasteiger partial charge in [0.05, 0.1) is 0 Å². The van der Waals surface area contributed by atoms with Gasteiger partial charge in [-0.15, -0.1) is 0 Å². The van der Waals surface area contributed by atoms with Crippen molar-refractivity contribution in [1.82, 2.24) is 0 Å². The van der Waals surface area contributed by atoms with Gasteiger partial charge in [-0.3, -0.25) is 4.79 Å². The third-order valence-corrected chi connectivity index (χ3v) is 2.82. The largest absolute Gasteiger partial charge is 0.294 e. The lowest BCUT2D eigenvalue weighted by Gasteiger charge is -2.02. The normalized spacial score (nSPS) is 9.53. The Bertz CT molecular complexity index is 615. The molecule has 1 heteroatoms. The molecular weight excluding hydrogens is 232 g/mol. The van der Waals surface area contributed by atoms with Gasteiger partial charge in [0, 0.05) is 23.1 Å². The molecule has 0 aromatic heterocycles. The maximum Gasteiger partial charge on any atom is 0.164 e. The maximum absolute atomic E-state index is 12.0. The molecule has 0 radical (unpaired) electrons. The van der Waals surface area contributed by atoms with E-state index in [2.05, 4.69) is 11.8 Å². The minimum absolute atomic E-state index is 0.167. The van der Waals surface area contributed by atoms with Crippen molar-refractivity contribution in [2.75, 3.05) is 0 Å². The van der Waals surface area contributed by atoms with Crippen molar-refractivity contribution in [3.05, 3.63) is 71.3 Å². The fourth-order valence-corrected chi connectivity index (χ4v) is 1.86. The van der Waals surface area contributed by atoms with Gasteiger partial charge in [0.1, 0.15) is 0 Å². The molecule has 0 aliphatic heterocycles. The molecule has 0 fully saturated rings. The van der Waals surface area contributed by atoms with E-state index < -0.39 is 0 Å². The van der Waals surface area contributed by atoms with Crippen LogP contribution < -0.4 is 0 Å². The fraction of sp³-hybridized carbons (Fsp3) is 0.167. The number of rotatable bonds is 3. The lowest BCUT2D eigenvalue weighted by Crippen LogP contribution is -2.01. The summed E-state index contributed by atoms with van der Waals surface area (Å²) in [4.78, 5) is 12.0. The standard InChI is InChI=1S/C18H16O/c1-2-8-18(19)17-12-7-6-11-16(17)14-13-15-9-4-3-5-10-15/h3-7,9-12H,2,8H2,1H3. The van der Waals surface area contributed by atoms with E-state index in [4.69, 9.17) is 0 Å². The van der Waals surface area contributed by atoms with Crippen LogP contribution in [0.3, 0.4) is 0 Å². The molecule has 0 aliphatic rings. The number of hydrogen-bond donors (Lipinski definition) is 0. The highest BCUT2D eigenvalue weighted by atomic mass is 16.1. The molecule has 0 unspecified atom stereocenters. The lowest BCUT2D eigenvalue weighted by atomic mass is 10.0. The van der Waals surface area contributed by atoms with Crippen molar-refractivity contribution in [2.24, 2.45) is 0 Å². The summed E-state index contributed by atoms with van der Waals surface area (Å²) < 4.78 is 0. The van der Waals surface area contributed by atoms with E-state index in [1.807, 2.05) is 61.5 Å². The minimum Gasteiger partial charge on any atom is -0.294 e. The first-order chi connectivity index (χ1) is 9.31. The second kappa shape index (κ2) is 6.56. The van der Waals surface area contributed by atoms with Crippen LogP contribution in [0.15, 0.2) is 54.6 Å². The van der Waals surface area contributed by atoms with E-state index >= 15 is 0 Å². The van der Waals surface area contributed by atoms with Crippen molar-refractivity contribution in [3.63, 3.8) is 0 Å². The Morgan fingerprint density at radius 3 is 2.37 bits per heavy atom. The molecule has 0 saturated heterocycles. The molecule has 0 bridgehead atoms. The molecule has 0 aliphatic carbocycles. The van der Waals surface area contributed by atoms with E-state index in [1.165, 1.54) is 0 Å². The van der Waals surface area contributed by atoms with Gasteiger partial charge < -0.3 is 0 Å². The van der Waals surface area contributed by atoms with Crippen LogP contribution in [-0.4, -0.2) is 5.78 Å². The van der Waals surface area contributed by atoms with Gasteiger partial charge in [0.15, 0.2) is 5.78 Å². The highest BCUT2D eigenvalue weighted by Gasteiger charge is 2.07. The molecule has 19 heavy (non-hydrogen) atoms. The van der Waals surface area contributed by atoms with Gasteiger partial charge in [-0.25, -0.2) is 0 Å². The molecule has 0 spiro atoms. The Morgan fingerprint density at radius 2 is 1.63 bits per heavy atom. The Hall–Kier alpha value is -2.33. The highest BCUT2D eigenvalue weighted by Crippen LogP contribution is 2.11. The molecule has 2 aromatic rings. The summed E-state index contributed by atoms with van der Waals surface area (Å²) in [5, 5.41) is 0. The van der Waals surface area contributed by atoms with Crippen LogP contribution >= 0.6 is 0 Å². The van der Waals surface area contributed by atoms with Crippen LogP contribution in [0, 0.1) is 11.8 Å². The van der Waals surface area contributed by atoms with E-state index in [9.17, 15) is 4.79 Å². The second-order valence-corrected chi connectivity index (χ2v) is 4.33. The van der Waals surface area contributed by atoms with E-state index in [0.29, 0.717) is 6.42 Å². The SMILES string of the molecule is CCCC(=O)c1ccccc1C#Cc1ccccc1. The van der Waals surface area contributed by atoms with Crippen molar-refractivity contribution in [3.8, 4) is 11.8 Å². The summed E-state index contributed by atoms with van der Waals surface area (Å²) in [6.07, 6.45) is 1.43. The third kappa shape index (κ3) is 3.56. The molecule has 94 valence electrons.